The molecule has 0 aliphatic carbocycles. The minimum atomic E-state index is -0.520. The summed E-state index contributed by atoms with van der Waals surface area (Å²) in [6.07, 6.45) is 6.96. The third kappa shape index (κ3) is 5.79. The predicted molar refractivity (Wildman–Crippen MR) is 126 cm³/mol. The molecule has 1 saturated heterocycles. The first-order chi connectivity index (χ1) is 16.0. The number of carbonyl (C=O) groups excluding carboxylic acids is 2. The lowest BCUT2D eigenvalue weighted by atomic mass is 10.2. The number of aromatic nitrogens is 4. The zero-order chi connectivity index (χ0) is 23.2. The molecule has 0 radical (unpaired) electrons. The molecular weight excluding hydrogens is 444 g/mol. The normalized spacial score (nSPS) is 14.4. The summed E-state index contributed by atoms with van der Waals surface area (Å²) in [6, 6.07) is 6.39. The van der Waals surface area contributed by atoms with Crippen molar-refractivity contribution in [2.45, 2.75) is 6.42 Å². The Labute approximate surface area is 196 Å². The molecule has 2 amide bonds. The van der Waals surface area contributed by atoms with Crippen molar-refractivity contribution < 1.29 is 9.59 Å². The molecule has 2 N–H and O–H groups in total. The van der Waals surface area contributed by atoms with Crippen molar-refractivity contribution in [1.29, 1.82) is 0 Å². The van der Waals surface area contributed by atoms with Crippen LogP contribution in [0.1, 0.15) is 27.4 Å². The minimum absolute atomic E-state index is 0.0425. The highest BCUT2D eigenvalue weighted by molar-refractivity contribution is 6.30. The molecule has 0 saturated carbocycles. The van der Waals surface area contributed by atoms with E-state index in [0.717, 1.165) is 38.4 Å². The van der Waals surface area contributed by atoms with Gasteiger partial charge in [-0.2, -0.15) is 0 Å². The Morgan fingerprint density at radius 3 is 2.55 bits per heavy atom. The molecule has 0 bridgehead atoms. The molecule has 0 aromatic carbocycles. The lowest BCUT2D eigenvalue weighted by Crippen LogP contribution is -2.29. The number of pyridine rings is 2. The third-order valence-corrected chi connectivity index (χ3v) is 5.38. The molecule has 0 atom stereocenters. The van der Waals surface area contributed by atoms with Crippen molar-refractivity contribution >= 4 is 40.7 Å². The second-order valence-electron chi connectivity index (χ2n) is 7.57. The van der Waals surface area contributed by atoms with Crippen LogP contribution in [0, 0.1) is 0 Å². The molecule has 3 aromatic rings. The van der Waals surface area contributed by atoms with E-state index < -0.39 is 11.8 Å². The maximum Gasteiger partial charge on any atom is 0.277 e. The van der Waals surface area contributed by atoms with E-state index in [-0.39, 0.29) is 17.1 Å². The quantitative estimate of drug-likeness (QED) is 0.589. The van der Waals surface area contributed by atoms with E-state index in [9.17, 15) is 9.59 Å². The van der Waals surface area contributed by atoms with Gasteiger partial charge in [0.1, 0.15) is 17.3 Å². The zero-order valence-corrected chi connectivity index (χ0v) is 18.8. The fourth-order valence-corrected chi connectivity index (χ4v) is 3.49. The number of nitrogens with zero attached hydrogens (tertiary/aromatic N) is 6. The fraction of sp³-hybridized carbons (Fsp3) is 0.273. The van der Waals surface area contributed by atoms with Gasteiger partial charge in [0.05, 0.1) is 23.1 Å². The fourth-order valence-electron chi connectivity index (χ4n) is 3.38. The van der Waals surface area contributed by atoms with E-state index >= 15 is 0 Å². The molecule has 10 nitrogen and oxygen atoms in total. The highest BCUT2D eigenvalue weighted by Gasteiger charge is 2.18. The summed E-state index contributed by atoms with van der Waals surface area (Å²) >= 11 is 5.82. The van der Waals surface area contributed by atoms with Crippen molar-refractivity contribution in [1.82, 2.24) is 24.8 Å². The van der Waals surface area contributed by atoms with Gasteiger partial charge in [-0.05, 0) is 44.3 Å². The third-order valence-electron chi connectivity index (χ3n) is 5.15. The van der Waals surface area contributed by atoms with Crippen molar-refractivity contribution in [3.05, 3.63) is 65.5 Å². The summed E-state index contributed by atoms with van der Waals surface area (Å²) in [5.74, 6) is 0.0388. The van der Waals surface area contributed by atoms with E-state index in [1.54, 1.807) is 30.5 Å². The van der Waals surface area contributed by atoms with Crippen LogP contribution < -0.4 is 15.5 Å². The average Bonchev–Trinajstić information content (AvgIpc) is 3.05. The Morgan fingerprint density at radius 1 is 0.909 bits per heavy atom. The summed E-state index contributed by atoms with van der Waals surface area (Å²) in [5.41, 5.74) is 0.427. The molecule has 1 fully saturated rings. The zero-order valence-electron chi connectivity index (χ0n) is 18.0. The Hall–Kier alpha value is -3.63. The van der Waals surface area contributed by atoms with E-state index in [2.05, 4.69) is 47.4 Å². The summed E-state index contributed by atoms with van der Waals surface area (Å²) < 4.78 is 0. The summed E-state index contributed by atoms with van der Waals surface area (Å²) in [7, 11) is 2.10. The van der Waals surface area contributed by atoms with Gasteiger partial charge in [-0.1, -0.05) is 11.6 Å². The van der Waals surface area contributed by atoms with E-state index in [4.69, 9.17) is 11.6 Å². The minimum Gasteiger partial charge on any atom is -0.354 e. The number of anilines is 3. The smallest absolute Gasteiger partial charge is 0.277 e. The van der Waals surface area contributed by atoms with Crippen molar-refractivity contribution in [3.63, 3.8) is 0 Å². The molecule has 33 heavy (non-hydrogen) atoms. The van der Waals surface area contributed by atoms with Crippen molar-refractivity contribution in [2.75, 3.05) is 48.8 Å². The van der Waals surface area contributed by atoms with Gasteiger partial charge in [0.15, 0.2) is 5.69 Å². The van der Waals surface area contributed by atoms with Crippen LogP contribution in [0.2, 0.25) is 5.02 Å². The topological polar surface area (TPSA) is 116 Å². The predicted octanol–water partition coefficient (Wildman–Crippen LogP) is 2.57. The first-order valence-electron chi connectivity index (χ1n) is 10.4. The Balaban J connectivity index is 1.44. The lowest BCUT2D eigenvalue weighted by molar-refractivity contribution is 0.102. The van der Waals surface area contributed by atoms with Gasteiger partial charge in [0, 0.05) is 32.0 Å². The number of hydrogen-bond donors (Lipinski definition) is 2. The van der Waals surface area contributed by atoms with Crippen LogP contribution in [0.4, 0.5) is 17.3 Å². The number of carbonyl (C=O) groups is 2. The van der Waals surface area contributed by atoms with Gasteiger partial charge in [-0.3, -0.25) is 9.59 Å². The molecule has 1 aliphatic heterocycles. The van der Waals surface area contributed by atoms with Crippen LogP contribution >= 0.6 is 11.6 Å². The van der Waals surface area contributed by atoms with Crippen LogP contribution in [0.5, 0.6) is 0 Å². The SMILES string of the molecule is CN1CCCN(c2cnc(C(=O)Nc3cccnc3C(=O)Nc3ccc(Cl)cn3)cn2)CC1. The van der Waals surface area contributed by atoms with Crippen molar-refractivity contribution in [3.8, 4) is 0 Å². The van der Waals surface area contributed by atoms with Crippen LogP contribution in [0.3, 0.4) is 0 Å². The molecule has 170 valence electrons. The first kappa shape index (κ1) is 22.6. The number of hydrogen-bond acceptors (Lipinski definition) is 8. The highest BCUT2D eigenvalue weighted by atomic mass is 35.5. The monoisotopic (exact) mass is 466 g/mol. The second-order valence-corrected chi connectivity index (χ2v) is 8.01. The molecule has 1 aliphatic rings. The highest BCUT2D eigenvalue weighted by Crippen LogP contribution is 2.17. The maximum atomic E-state index is 12.7. The van der Waals surface area contributed by atoms with Crippen LogP contribution in [-0.4, -0.2) is 69.9 Å². The molecule has 11 heteroatoms. The van der Waals surface area contributed by atoms with Gasteiger partial charge in [0.25, 0.3) is 11.8 Å². The van der Waals surface area contributed by atoms with Crippen LogP contribution in [0.15, 0.2) is 49.1 Å². The molecule has 4 rings (SSSR count). The average molecular weight is 467 g/mol. The lowest BCUT2D eigenvalue weighted by Gasteiger charge is -2.21. The summed E-state index contributed by atoms with van der Waals surface area (Å²) in [6.45, 7) is 3.73. The molecule has 0 spiro atoms. The Bertz CT molecular complexity index is 1120. The van der Waals surface area contributed by atoms with Gasteiger partial charge in [0.2, 0.25) is 0 Å². The van der Waals surface area contributed by atoms with Gasteiger partial charge < -0.3 is 20.4 Å². The first-order valence-corrected chi connectivity index (χ1v) is 10.8. The van der Waals surface area contributed by atoms with E-state index in [1.165, 1.54) is 18.6 Å². The second kappa shape index (κ2) is 10.3. The molecule has 0 unspecified atom stereocenters. The molecule has 3 aromatic heterocycles. The number of rotatable bonds is 5. The molecule has 4 heterocycles. The van der Waals surface area contributed by atoms with Gasteiger partial charge in [-0.15, -0.1) is 0 Å². The van der Waals surface area contributed by atoms with Crippen LogP contribution in [-0.2, 0) is 0 Å². The molecular formula is C22H23ClN8O2. The van der Waals surface area contributed by atoms with Crippen LogP contribution in [0.25, 0.3) is 0 Å². The van der Waals surface area contributed by atoms with E-state index in [0.29, 0.717) is 10.8 Å². The maximum absolute atomic E-state index is 12.7. The number of halogens is 1. The summed E-state index contributed by atoms with van der Waals surface area (Å²) in [5, 5.41) is 5.78. The standard InChI is InChI=1S/C22H23ClN8O2/c1-30-8-3-9-31(11-10-30)19-14-25-17(13-27-19)21(32)28-16-4-2-7-24-20(16)22(33)29-18-6-5-15(23)12-26-18/h2,4-7,12-14H,3,8-11H2,1H3,(H,28,32)(H,26,29,33). The van der Waals surface area contributed by atoms with E-state index in [1.807, 2.05) is 0 Å². The summed E-state index contributed by atoms with van der Waals surface area (Å²) in [4.78, 5) is 46.7. The Kier molecular flexibility index (Phi) is 7.06. The Morgan fingerprint density at radius 2 is 1.79 bits per heavy atom. The van der Waals surface area contributed by atoms with Crippen molar-refractivity contribution in [2.24, 2.45) is 0 Å². The largest absolute Gasteiger partial charge is 0.354 e. The number of nitrogens with one attached hydrogen (secondary N) is 2. The van der Waals surface area contributed by atoms with Gasteiger partial charge in [-0.25, -0.2) is 19.9 Å². The number of likely N-dealkylation sites (N-methyl/N-ethyl adjacent to an activating group) is 1. The number of amides is 2. The van der Waals surface area contributed by atoms with Gasteiger partial charge >= 0.3 is 0 Å².